The highest BCUT2D eigenvalue weighted by atomic mass is 16.5. The van der Waals surface area contributed by atoms with E-state index in [0.29, 0.717) is 18.8 Å². The van der Waals surface area contributed by atoms with Crippen molar-refractivity contribution >= 4 is 22.7 Å². The molecule has 2 N–H and O–H groups in total. The molecule has 0 bridgehead atoms. The zero-order valence-corrected chi connectivity index (χ0v) is 15.6. The SMILES string of the molecule is Cn1cc(C(=O)N2CCC(Oc3cccc4c3ccn4CC(N)=O)CC2)nn1. The molecule has 1 fully saturated rings. The van der Waals surface area contributed by atoms with Crippen molar-refractivity contribution in [1.82, 2.24) is 24.5 Å². The van der Waals surface area contributed by atoms with Gasteiger partial charge in [0.1, 0.15) is 18.4 Å². The summed E-state index contributed by atoms with van der Waals surface area (Å²) in [6.45, 7) is 1.35. The molecule has 3 heterocycles. The summed E-state index contributed by atoms with van der Waals surface area (Å²) in [5, 5.41) is 8.65. The molecule has 1 aliphatic heterocycles. The number of hydrogen-bond acceptors (Lipinski definition) is 5. The molecule has 0 saturated carbocycles. The van der Waals surface area contributed by atoms with Gasteiger partial charge in [0.25, 0.3) is 5.91 Å². The summed E-state index contributed by atoms with van der Waals surface area (Å²) < 4.78 is 9.56. The van der Waals surface area contributed by atoms with Crippen molar-refractivity contribution in [3.05, 3.63) is 42.4 Å². The molecule has 0 aliphatic carbocycles. The molecule has 2 amide bonds. The molecular formula is C19H22N6O3. The molecule has 2 aromatic heterocycles. The van der Waals surface area contributed by atoms with Crippen molar-refractivity contribution in [3.8, 4) is 5.75 Å². The van der Waals surface area contributed by atoms with E-state index in [0.717, 1.165) is 29.5 Å². The Balaban J connectivity index is 1.42. The molecule has 0 unspecified atom stereocenters. The molecule has 0 atom stereocenters. The predicted octanol–water partition coefficient (Wildman–Crippen LogP) is 0.939. The number of carbonyl (C=O) groups excluding carboxylic acids is 2. The molecule has 0 radical (unpaired) electrons. The van der Waals surface area contributed by atoms with Gasteiger partial charge in [0.15, 0.2) is 5.69 Å². The van der Waals surface area contributed by atoms with Crippen LogP contribution in [0.3, 0.4) is 0 Å². The third-order valence-electron chi connectivity index (χ3n) is 4.94. The average Bonchev–Trinajstić information content (AvgIpc) is 3.29. The monoisotopic (exact) mass is 382 g/mol. The highest BCUT2D eigenvalue weighted by Gasteiger charge is 2.26. The maximum Gasteiger partial charge on any atom is 0.276 e. The summed E-state index contributed by atoms with van der Waals surface area (Å²) in [5.41, 5.74) is 6.58. The molecule has 1 aromatic carbocycles. The fraction of sp³-hybridized carbons (Fsp3) is 0.368. The van der Waals surface area contributed by atoms with Gasteiger partial charge in [-0.1, -0.05) is 11.3 Å². The van der Waals surface area contributed by atoms with Crippen molar-refractivity contribution < 1.29 is 14.3 Å². The number of ether oxygens (including phenoxy) is 1. The van der Waals surface area contributed by atoms with Crippen LogP contribution in [0.25, 0.3) is 10.9 Å². The number of hydrogen-bond donors (Lipinski definition) is 1. The van der Waals surface area contributed by atoms with Crippen LogP contribution in [-0.2, 0) is 18.4 Å². The number of aryl methyl sites for hydroxylation is 1. The standard InChI is InChI=1S/C19H22N6O3/c1-23-11-15(21-22-23)19(27)24-8-5-13(6-9-24)28-17-4-2-3-16-14(17)7-10-25(16)12-18(20)26/h2-4,7,10-11,13H,5-6,8-9,12H2,1H3,(H2,20,26). The number of piperidine rings is 1. The van der Waals surface area contributed by atoms with E-state index < -0.39 is 0 Å². The third kappa shape index (κ3) is 3.55. The van der Waals surface area contributed by atoms with Crippen LogP contribution in [0, 0.1) is 0 Å². The number of nitrogens with zero attached hydrogens (tertiary/aromatic N) is 5. The van der Waals surface area contributed by atoms with Crippen molar-refractivity contribution in [2.75, 3.05) is 13.1 Å². The minimum absolute atomic E-state index is 0.0241. The molecular weight excluding hydrogens is 360 g/mol. The van der Waals surface area contributed by atoms with Crippen LogP contribution in [-0.4, -0.2) is 55.5 Å². The van der Waals surface area contributed by atoms with E-state index in [1.807, 2.05) is 35.0 Å². The first kappa shape index (κ1) is 18.0. The summed E-state index contributed by atoms with van der Waals surface area (Å²) >= 11 is 0. The second-order valence-corrected chi connectivity index (χ2v) is 6.99. The predicted molar refractivity (Wildman–Crippen MR) is 102 cm³/mol. The first-order chi connectivity index (χ1) is 13.5. The summed E-state index contributed by atoms with van der Waals surface area (Å²) in [5.74, 6) is 0.292. The molecule has 1 aliphatic rings. The zero-order chi connectivity index (χ0) is 19.7. The number of fused-ring (bicyclic) bond motifs is 1. The van der Waals surface area contributed by atoms with Gasteiger partial charge >= 0.3 is 0 Å². The molecule has 3 aromatic rings. The van der Waals surface area contributed by atoms with Gasteiger partial charge in [-0.25, -0.2) is 0 Å². The van der Waals surface area contributed by atoms with Gasteiger partial charge in [-0.15, -0.1) is 5.10 Å². The molecule has 146 valence electrons. The second kappa shape index (κ2) is 7.34. The van der Waals surface area contributed by atoms with Crippen molar-refractivity contribution in [2.45, 2.75) is 25.5 Å². The number of primary amides is 1. The molecule has 28 heavy (non-hydrogen) atoms. The summed E-state index contributed by atoms with van der Waals surface area (Å²) in [4.78, 5) is 25.5. The lowest BCUT2D eigenvalue weighted by molar-refractivity contribution is -0.118. The van der Waals surface area contributed by atoms with Gasteiger partial charge in [0.05, 0.1) is 11.7 Å². The summed E-state index contributed by atoms with van der Waals surface area (Å²) in [7, 11) is 1.74. The lowest BCUT2D eigenvalue weighted by Gasteiger charge is -2.31. The van der Waals surface area contributed by atoms with Crippen LogP contribution in [0.1, 0.15) is 23.3 Å². The van der Waals surface area contributed by atoms with E-state index in [4.69, 9.17) is 10.5 Å². The first-order valence-corrected chi connectivity index (χ1v) is 9.19. The maximum absolute atomic E-state index is 12.5. The number of aromatic nitrogens is 4. The van der Waals surface area contributed by atoms with E-state index in [-0.39, 0.29) is 24.5 Å². The van der Waals surface area contributed by atoms with Gasteiger partial charge in [-0.2, -0.15) is 0 Å². The second-order valence-electron chi connectivity index (χ2n) is 6.99. The number of likely N-dealkylation sites (tertiary alicyclic amines) is 1. The molecule has 0 spiro atoms. The fourth-order valence-corrected chi connectivity index (χ4v) is 3.57. The summed E-state index contributed by atoms with van der Waals surface area (Å²) in [6.07, 6.45) is 4.97. The minimum Gasteiger partial charge on any atom is -0.490 e. The quantitative estimate of drug-likeness (QED) is 0.706. The average molecular weight is 382 g/mol. The van der Waals surface area contributed by atoms with E-state index in [1.54, 1.807) is 18.1 Å². The van der Waals surface area contributed by atoms with Gasteiger partial charge < -0.3 is 19.9 Å². The van der Waals surface area contributed by atoms with E-state index >= 15 is 0 Å². The van der Waals surface area contributed by atoms with Crippen molar-refractivity contribution in [1.29, 1.82) is 0 Å². The number of benzene rings is 1. The van der Waals surface area contributed by atoms with Crippen LogP contribution in [0.4, 0.5) is 0 Å². The van der Waals surface area contributed by atoms with Gasteiger partial charge in [0, 0.05) is 44.6 Å². The lowest BCUT2D eigenvalue weighted by atomic mass is 10.1. The third-order valence-corrected chi connectivity index (χ3v) is 4.94. The Labute approximate surface area is 161 Å². The number of rotatable bonds is 5. The Morgan fingerprint density at radius 2 is 2.04 bits per heavy atom. The molecule has 9 heteroatoms. The van der Waals surface area contributed by atoms with Crippen molar-refractivity contribution in [3.63, 3.8) is 0 Å². The molecule has 4 rings (SSSR count). The van der Waals surface area contributed by atoms with E-state index in [2.05, 4.69) is 10.3 Å². The van der Waals surface area contributed by atoms with Gasteiger partial charge in [0.2, 0.25) is 5.91 Å². The van der Waals surface area contributed by atoms with Crippen molar-refractivity contribution in [2.24, 2.45) is 12.8 Å². The maximum atomic E-state index is 12.5. The highest BCUT2D eigenvalue weighted by molar-refractivity contribution is 5.92. The van der Waals surface area contributed by atoms with Gasteiger partial charge in [-0.05, 0) is 18.2 Å². The molecule has 1 saturated heterocycles. The van der Waals surface area contributed by atoms with Crippen LogP contribution < -0.4 is 10.5 Å². The van der Waals surface area contributed by atoms with Crippen LogP contribution in [0.5, 0.6) is 5.75 Å². The molecule has 9 nitrogen and oxygen atoms in total. The normalized spacial score (nSPS) is 15.1. The first-order valence-electron chi connectivity index (χ1n) is 9.19. The van der Waals surface area contributed by atoms with E-state index in [9.17, 15) is 9.59 Å². The Morgan fingerprint density at radius 3 is 2.71 bits per heavy atom. The zero-order valence-electron chi connectivity index (χ0n) is 15.6. The summed E-state index contributed by atoms with van der Waals surface area (Å²) in [6, 6.07) is 7.70. The minimum atomic E-state index is -0.385. The Hall–Kier alpha value is -3.36. The van der Waals surface area contributed by atoms with Gasteiger partial charge in [-0.3, -0.25) is 14.3 Å². The van der Waals surface area contributed by atoms with Crippen LogP contribution >= 0.6 is 0 Å². The topological polar surface area (TPSA) is 108 Å². The number of nitrogens with two attached hydrogens (primary N) is 1. The number of amides is 2. The Morgan fingerprint density at radius 1 is 1.25 bits per heavy atom. The van der Waals surface area contributed by atoms with Crippen LogP contribution in [0.15, 0.2) is 36.7 Å². The van der Waals surface area contributed by atoms with Crippen LogP contribution in [0.2, 0.25) is 0 Å². The smallest absolute Gasteiger partial charge is 0.276 e. The lowest BCUT2D eigenvalue weighted by Crippen LogP contribution is -2.42. The largest absolute Gasteiger partial charge is 0.490 e. The Kier molecular flexibility index (Phi) is 4.72. The number of carbonyl (C=O) groups is 2. The van der Waals surface area contributed by atoms with E-state index in [1.165, 1.54) is 4.68 Å². The Bertz CT molecular complexity index is 1020. The highest BCUT2D eigenvalue weighted by Crippen LogP contribution is 2.29. The fourth-order valence-electron chi connectivity index (χ4n) is 3.57.